The van der Waals surface area contributed by atoms with Crippen molar-refractivity contribution >= 4 is 11.8 Å². The molecule has 0 spiro atoms. The smallest absolute Gasteiger partial charge is 0.363 e. The lowest BCUT2D eigenvalue weighted by Crippen LogP contribution is -2.21. The summed E-state index contributed by atoms with van der Waals surface area (Å²) >= 11 is 0. The Morgan fingerprint density at radius 3 is 2.82 bits per heavy atom. The van der Waals surface area contributed by atoms with Crippen LogP contribution in [0.3, 0.4) is 0 Å². The first-order chi connectivity index (χ1) is 10.6. The second-order valence-electron chi connectivity index (χ2n) is 5.74. The van der Waals surface area contributed by atoms with Crippen LogP contribution in [0.1, 0.15) is 48.2 Å². The van der Waals surface area contributed by atoms with Crippen LogP contribution in [0.4, 0.5) is 5.82 Å². The molecule has 0 saturated heterocycles. The van der Waals surface area contributed by atoms with Crippen LogP contribution in [0.2, 0.25) is 0 Å². The minimum absolute atomic E-state index is 0.0234. The topological polar surface area (TPSA) is 83.0 Å². The molecule has 0 aliphatic heterocycles. The van der Waals surface area contributed by atoms with Crippen LogP contribution in [0, 0.1) is 6.92 Å². The number of anilines is 1. The molecule has 6 nitrogen and oxygen atoms in total. The van der Waals surface area contributed by atoms with Crippen molar-refractivity contribution in [2.75, 3.05) is 5.73 Å². The third kappa shape index (κ3) is 2.95. The molecule has 2 aromatic rings. The summed E-state index contributed by atoms with van der Waals surface area (Å²) in [7, 11) is 0. The first-order valence-electron chi connectivity index (χ1n) is 7.64. The summed E-state index contributed by atoms with van der Waals surface area (Å²) in [6.07, 6.45) is 5.21. The van der Waals surface area contributed by atoms with E-state index in [1.807, 2.05) is 31.2 Å². The lowest BCUT2D eigenvalue weighted by Gasteiger charge is -2.21. The Morgan fingerprint density at radius 2 is 2.09 bits per heavy atom. The molecule has 1 heterocycles. The molecule has 0 amide bonds. The number of aryl methyl sites for hydroxylation is 1. The number of benzene rings is 1. The van der Waals surface area contributed by atoms with Gasteiger partial charge in [0.15, 0.2) is 5.82 Å². The number of aromatic nitrogens is 3. The van der Waals surface area contributed by atoms with Gasteiger partial charge in [-0.2, -0.15) is 4.68 Å². The van der Waals surface area contributed by atoms with Crippen molar-refractivity contribution in [3.8, 4) is 5.69 Å². The Kier molecular flexibility index (Phi) is 4.09. The van der Waals surface area contributed by atoms with E-state index in [1.54, 1.807) is 0 Å². The molecule has 2 N–H and O–H groups in total. The van der Waals surface area contributed by atoms with Gasteiger partial charge in [0.25, 0.3) is 0 Å². The second-order valence-corrected chi connectivity index (χ2v) is 5.74. The molecule has 6 heteroatoms. The molecule has 22 heavy (non-hydrogen) atoms. The van der Waals surface area contributed by atoms with Gasteiger partial charge in [-0.15, -0.1) is 5.10 Å². The molecule has 0 unspecified atom stereocenters. The van der Waals surface area contributed by atoms with E-state index in [4.69, 9.17) is 10.5 Å². The summed E-state index contributed by atoms with van der Waals surface area (Å²) in [4.78, 5) is 12.2. The maximum absolute atomic E-state index is 12.2. The number of carbonyl (C=O) groups excluding carboxylic acids is 1. The Labute approximate surface area is 129 Å². The van der Waals surface area contributed by atoms with Crippen molar-refractivity contribution in [3.63, 3.8) is 0 Å². The SMILES string of the molecule is Cc1cccc(-n2nnc(C(=O)OC3CCCCC3)c2N)c1. The molecule has 1 aliphatic carbocycles. The highest BCUT2D eigenvalue weighted by molar-refractivity contribution is 5.92. The fraction of sp³-hybridized carbons (Fsp3) is 0.438. The van der Waals surface area contributed by atoms with Gasteiger partial charge in [-0.1, -0.05) is 23.8 Å². The summed E-state index contributed by atoms with van der Waals surface area (Å²) in [6, 6.07) is 7.69. The molecule has 1 aliphatic rings. The van der Waals surface area contributed by atoms with Gasteiger partial charge < -0.3 is 10.5 Å². The second kappa shape index (κ2) is 6.17. The Morgan fingerprint density at radius 1 is 1.32 bits per heavy atom. The zero-order chi connectivity index (χ0) is 15.5. The number of nitrogens with zero attached hydrogens (tertiary/aromatic N) is 3. The van der Waals surface area contributed by atoms with E-state index in [1.165, 1.54) is 11.1 Å². The molecule has 1 aromatic carbocycles. The monoisotopic (exact) mass is 300 g/mol. The number of hydrogen-bond donors (Lipinski definition) is 1. The third-order valence-electron chi connectivity index (χ3n) is 3.97. The summed E-state index contributed by atoms with van der Waals surface area (Å²) in [5, 5.41) is 7.88. The largest absolute Gasteiger partial charge is 0.458 e. The van der Waals surface area contributed by atoms with E-state index in [0.29, 0.717) is 0 Å². The van der Waals surface area contributed by atoms with Gasteiger partial charge in [0, 0.05) is 0 Å². The van der Waals surface area contributed by atoms with Crippen molar-refractivity contribution in [2.24, 2.45) is 0 Å². The van der Waals surface area contributed by atoms with Crippen molar-refractivity contribution in [2.45, 2.75) is 45.1 Å². The highest BCUT2D eigenvalue weighted by atomic mass is 16.5. The molecular formula is C16H20N4O2. The highest BCUT2D eigenvalue weighted by Gasteiger charge is 2.24. The van der Waals surface area contributed by atoms with Gasteiger partial charge in [-0.05, 0) is 50.3 Å². The van der Waals surface area contributed by atoms with E-state index >= 15 is 0 Å². The minimum Gasteiger partial charge on any atom is -0.458 e. The van der Waals surface area contributed by atoms with Crippen LogP contribution in [-0.4, -0.2) is 27.1 Å². The van der Waals surface area contributed by atoms with Gasteiger partial charge in [0.1, 0.15) is 6.10 Å². The van der Waals surface area contributed by atoms with Crippen LogP contribution in [0.15, 0.2) is 24.3 Å². The summed E-state index contributed by atoms with van der Waals surface area (Å²) in [5.74, 6) is -0.269. The molecule has 0 radical (unpaired) electrons. The lowest BCUT2D eigenvalue weighted by atomic mass is 9.98. The van der Waals surface area contributed by atoms with Crippen molar-refractivity contribution in [1.29, 1.82) is 0 Å². The molecule has 116 valence electrons. The average molecular weight is 300 g/mol. The summed E-state index contributed by atoms with van der Waals surface area (Å²) < 4.78 is 6.96. The fourth-order valence-corrected chi connectivity index (χ4v) is 2.78. The zero-order valence-corrected chi connectivity index (χ0v) is 12.7. The van der Waals surface area contributed by atoms with Crippen LogP contribution >= 0.6 is 0 Å². The zero-order valence-electron chi connectivity index (χ0n) is 12.7. The number of carbonyl (C=O) groups is 1. The fourth-order valence-electron chi connectivity index (χ4n) is 2.78. The van der Waals surface area contributed by atoms with E-state index < -0.39 is 5.97 Å². The van der Waals surface area contributed by atoms with E-state index in [-0.39, 0.29) is 17.6 Å². The molecule has 1 fully saturated rings. The lowest BCUT2D eigenvalue weighted by molar-refractivity contribution is 0.0205. The Bertz CT molecular complexity index is 675. The van der Waals surface area contributed by atoms with Crippen molar-refractivity contribution in [3.05, 3.63) is 35.5 Å². The minimum atomic E-state index is -0.483. The molecule has 3 rings (SSSR count). The number of ether oxygens (including phenoxy) is 1. The number of nitrogen functional groups attached to an aromatic ring is 1. The quantitative estimate of drug-likeness (QED) is 0.881. The van der Waals surface area contributed by atoms with Gasteiger partial charge in [-0.3, -0.25) is 0 Å². The molecule has 0 bridgehead atoms. The molecular weight excluding hydrogens is 280 g/mol. The maximum Gasteiger partial charge on any atom is 0.363 e. The number of hydrogen-bond acceptors (Lipinski definition) is 5. The number of rotatable bonds is 3. The predicted octanol–water partition coefficient (Wildman–Crippen LogP) is 2.65. The van der Waals surface area contributed by atoms with Gasteiger partial charge in [-0.25, -0.2) is 4.79 Å². The first kappa shape index (κ1) is 14.6. The van der Waals surface area contributed by atoms with Crippen LogP contribution < -0.4 is 5.73 Å². The van der Waals surface area contributed by atoms with Gasteiger partial charge >= 0.3 is 5.97 Å². The van der Waals surface area contributed by atoms with E-state index in [0.717, 1.165) is 36.9 Å². The highest BCUT2D eigenvalue weighted by Crippen LogP contribution is 2.23. The average Bonchev–Trinajstić information content (AvgIpc) is 2.90. The Balaban J connectivity index is 1.79. The standard InChI is InChI=1S/C16H20N4O2/c1-11-6-5-7-12(10-11)20-15(17)14(18-19-20)16(21)22-13-8-3-2-4-9-13/h5-7,10,13H,2-4,8-9,17H2,1H3. The van der Waals surface area contributed by atoms with Crippen molar-refractivity contribution in [1.82, 2.24) is 15.0 Å². The third-order valence-corrected chi connectivity index (χ3v) is 3.97. The van der Waals surface area contributed by atoms with Crippen molar-refractivity contribution < 1.29 is 9.53 Å². The first-order valence-corrected chi connectivity index (χ1v) is 7.64. The predicted molar refractivity (Wildman–Crippen MR) is 82.8 cm³/mol. The molecule has 1 aromatic heterocycles. The summed E-state index contributed by atoms with van der Waals surface area (Å²) in [6.45, 7) is 1.98. The van der Waals surface area contributed by atoms with E-state index in [9.17, 15) is 4.79 Å². The van der Waals surface area contributed by atoms with Crippen LogP contribution in [-0.2, 0) is 4.74 Å². The van der Waals surface area contributed by atoms with E-state index in [2.05, 4.69) is 10.3 Å². The molecule has 0 atom stereocenters. The molecule has 1 saturated carbocycles. The number of nitrogens with two attached hydrogens (primary N) is 1. The maximum atomic E-state index is 12.2. The number of esters is 1. The normalized spacial score (nSPS) is 15.7. The summed E-state index contributed by atoms with van der Waals surface area (Å²) in [5.41, 5.74) is 7.98. The Hall–Kier alpha value is -2.37. The van der Waals surface area contributed by atoms with Gasteiger partial charge in [0.05, 0.1) is 5.69 Å². The van der Waals surface area contributed by atoms with Crippen LogP contribution in [0.25, 0.3) is 5.69 Å². The van der Waals surface area contributed by atoms with Gasteiger partial charge in [0.2, 0.25) is 5.69 Å². The van der Waals surface area contributed by atoms with Crippen LogP contribution in [0.5, 0.6) is 0 Å².